The summed E-state index contributed by atoms with van der Waals surface area (Å²) in [7, 11) is 0. The van der Waals surface area contributed by atoms with Gasteiger partial charge in [-0.25, -0.2) is 9.97 Å². The third-order valence-corrected chi connectivity index (χ3v) is 2.91. The zero-order chi connectivity index (χ0) is 11.7. The lowest BCUT2D eigenvalue weighted by Crippen LogP contribution is -1.97. The maximum atomic E-state index is 6.10. The molecule has 0 aliphatic rings. The second-order valence-corrected chi connectivity index (χ2v) is 4.19. The molecule has 0 aliphatic carbocycles. The van der Waals surface area contributed by atoms with Crippen LogP contribution in [0.25, 0.3) is 11.0 Å². The minimum absolute atomic E-state index is 0.502. The van der Waals surface area contributed by atoms with Crippen molar-refractivity contribution < 1.29 is 0 Å². The van der Waals surface area contributed by atoms with Gasteiger partial charge in [0.2, 0.25) is 0 Å². The number of fused-ring (bicyclic) bond motifs is 1. The van der Waals surface area contributed by atoms with Crippen LogP contribution >= 0.6 is 11.6 Å². The topological polar surface area (TPSA) is 41.6 Å². The maximum Gasteiger partial charge on any atom is 0.142 e. The number of benzene rings is 1. The van der Waals surface area contributed by atoms with Crippen molar-refractivity contribution in [2.45, 2.75) is 6.42 Å². The molecule has 1 aromatic carbocycles. The highest BCUT2D eigenvalue weighted by Crippen LogP contribution is 2.19. The minimum atomic E-state index is 0.502. The highest BCUT2D eigenvalue weighted by atomic mass is 35.5. The van der Waals surface area contributed by atoms with E-state index in [4.69, 9.17) is 11.6 Å². The second-order valence-electron chi connectivity index (χ2n) is 3.83. The second kappa shape index (κ2) is 4.18. The van der Waals surface area contributed by atoms with Gasteiger partial charge in [0.25, 0.3) is 0 Å². The van der Waals surface area contributed by atoms with Gasteiger partial charge in [-0.15, -0.1) is 0 Å². The fourth-order valence-electron chi connectivity index (χ4n) is 1.80. The summed E-state index contributed by atoms with van der Waals surface area (Å²) in [6.07, 6.45) is 2.51. The Morgan fingerprint density at radius 2 is 1.88 bits per heavy atom. The number of aromatic nitrogens is 3. The lowest BCUT2D eigenvalue weighted by Gasteiger charge is -2.01. The summed E-state index contributed by atoms with van der Waals surface area (Å²) >= 11 is 6.10. The Morgan fingerprint density at radius 1 is 1.06 bits per heavy atom. The van der Waals surface area contributed by atoms with E-state index in [-0.39, 0.29) is 0 Å². The SMILES string of the molecule is Clc1nc(Cc2ccccc2)nc2[nH]ccc12. The average Bonchev–Trinajstić information content (AvgIpc) is 2.79. The quantitative estimate of drug-likeness (QED) is 0.703. The fraction of sp³-hybridized carbons (Fsp3) is 0.0769. The lowest BCUT2D eigenvalue weighted by molar-refractivity contribution is 0.987. The van der Waals surface area contributed by atoms with Crippen LogP contribution in [0.4, 0.5) is 0 Å². The minimum Gasteiger partial charge on any atom is -0.346 e. The molecule has 3 nitrogen and oxygen atoms in total. The van der Waals surface area contributed by atoms with Crippen LogP contribution in [0.3, 0.4) is 0 Å². The fourth-order valence-corrected chi connectivity index (χ4v) is 2.05. The molecule has 1 N–H and O–H groups in total. The van der Waals surface area contributed by atoms with Gasteiger partial charge in [-0.2, -0.15) is 0 Å². The van der Waals surface area contributed by atoms with Crippen molar-refractivity contribution >= 4 is 22.6 Å². The number of halogens is 1. The van der Waals surface area contributed by atoms with Gasteiger partial charge in [-0.3, -0.25) is 0 Å². The number of H-pyrrole nitrogens is 1. The van der Waals surface area contributed by atoms with E-state index in [1.807, 2.05) is 30.5 Å². The van der Waals surface area contributed by atoms with E-state index in [2.05, 4.69) is 27.1 Å². The van der Waals surface area contributed by atoms with E-state index in [1.54, 1.807) is 0 Å². The van der Waals surface area contributed by atoms with E-state index >= 15 is 0 Å². The molecule has 0 bridgehead atoms. The molecule has 0 fully saturated rings. The van der Waals surface area contributed by atoms with Gasteiger partial charge in [-0.1, -0.05) is 41.9 Å². The molecule has 84 valence electrons. The van der Waals surface area contributed by atoms with Crippen LogP contribution in [-0.2, 0) is 6.42 Å². The van der Waals surface area contributed by atoms with E-state index in [9.17, 15) is 0 Å². The zero-order valence-corrected chi connectivity index (χ0v) is 9.78. The van der Waals surface area contributed by atoms with Gasteiger partial charge in [0.05, 0.1) is 5.39 Å². The van der Waals surface area contributed by atoms with E-state index in [0.717, 1.165) is 16.9 Å². The summed E-state index contributed by atoms with van der Waals surface area (Å²) in [6, 6.07) is 12.0. The van der Waals surface area contributed by atoms with Crippen molar-refractivity contribution in [2.75, 3.05) is 0 Å². The summed E-state index contributed by atoms with van der Waals surface area (Å²) in [5, 5.41) is 1.37. The monoisotopic (exact) mass is 243 g/mol. The zero-order valence-electron chi connectivity index (χ0n) is 9.02. The highest BCUT2D eigenvalue weighted by molar-refractivity contribution is 6.33. The summed E-state index contributed by atoms with van der Waals surface area (Å²) in [6.45, 7) is 0. The van der Waals surface area contributed by atoms with Crippen LogP contribution in [0.15, 0.2) is 42.6 Å². The molecule has 0 unspecified atom stereocenters. The number of nitrogens with zero attached hydrogens (tertiary/aromatic N) is 2. The Morgan fingerprint density at radius 3 is 2.71 bits per heavy atom. The molecule has 0 aliphatic heterocycles. The molecule has 2 heterocycles. The van der Waals surface area contributed by atoms with Crippen LogP contribution in [0.1, 0.15) is 11.4 Å². The van der Waals surface area contributed by atoms with Crippen LogP contribution in [0.2, 0.25) is 5.15 Å². The van der Waals surface area contributed by atoms with E-state index in [1.165, 1.54) is 5.56 Å². The third kappa shape index (κ3) is 2.01. The molecular weight excluding hydrogens is 234 g/mol. The van der Waals surface area contributed by atoms with Gasteiger partial charge in [-0.05, 0) is 11.6 Å². The number of hydrogen-bond acceptors (Lipinski definition) is 2. The summed E-state index contributed by atoms with van der Waals surface area (Å²) in [4.78, 5) is 11.8. The highest BCUT2D eigenvalue weighted by Gasteiger charge is 2.06. The molecule has 2 aromatic heterocycles. The molecule has 17 heavy (non-hydrogen) atoms. The molecule has 4 heteroatoms. The largest absolute Gasteiger partial charge is 0.346 e. The Kier molecular flexibility index (Phi) is 2.53. The van der Waals surface area contributed by atoms with Gasteiger partial charge < -0.3 is 4.98 Å². The van der Waals surface area contributed by atoms with Crippen molar-refractivity contribution in [3.8, 4) is 0 Å². The Balaban J connectivity index is 2.01. The molecule has 0 amide bonds. The first-order valence-corrected chi connectivity index (χ1v) is 5.74. The Hall–Kier alpha value is -1.87. The van der Waals surface area contributed by atoms with Gasteiger partial charge >= 0.3 is 0 Å². The Bertz CT molecular complexity index is 646. The first kappa shape index (κ1) is 10.3. The van der Waals surface area contributed by atoms with Crippen LogP contribution < -0.4 is 0 Å². The molecule has 0 atom stereocenters. The molecule has 0 radical (unpaired) electrons. The van der Waals surface area contributed by atoms with Crippen molar-refractivity contribution in [2.24, 2.45) is 0 Å². The number of rotatable bonds is 2. The number of hydrogen-bond donors (Lipinski definition) is 1. The first-order chi connectivity index (χ1) is 8.33. The van der Waals surface area contributed by atoms with Crippen molar-refractivity contribution in [1.82, 2.24) is 15.0 Å². The first-order valence-electron chi connectivity index (χ1n) is 5.36. The molecule has 0 spiro atoms. The normalized spacial score (nSPS) is 10.9. The lowest BCUT2D eigenvalue weighted by atomic mass is 10.1. The van der Waals surface area contributed by atoms with Crippen molar-refractivity contribution in [3.05, 3.63) is 59.1 Å². The van der Waals surface area contributed by atoms with E-state index < -0.39 is 0 Å². The van der Waals surface area contributed by atoms with Crippen LogP contribution in [-0.4, -0.2) is 15.0 Å². The maximum absolute atomic E-state index is 6.10. The molecule has 0 saturated carbocycles. The number of aromatic amines is 1. The molecular formula is C13H10ClN3. The van der Waals surface area contributed by atoms with Crippen LogP contribution in [0, 0.1) is 0 Å². The number of nitrogens with one attached hydrogen (secondary N) is 1. The standard InChI is InChI=1S/C13H10ClN3/c14-12-10-6-7-15-13(10)17-11(16-12)8-9-4-2-1-3-5-9/h1-7H,8H2,(H,15,16,17). The summed E-state index contributed by atoms with van der Waals surface area (Å²) in [5.41, 5.74) is 1.96. The predicted molar refractivity (Wildman–Crippen MR) is 68.1 cm³/mol. The average molecular weight is 244 g/mol. The molecule has 3 aromatic rings. The van der Waals surface area contributed by atoms with Gasteiger partial charge in [0.1, 0.15) is 16.6 Å². The van der Waals surface area contributed by atoms with Crippen molar-refractivity contribution in [3.63, 3.8) is 0 Å². The molecule has 0 saturated heterocycles. The van der Waals surface area contributed by atoms with Gasteiger partial charge in [0, 0.05) is 12.6 Å². The van der Waals surface area contributed by atoms with E-state index in [0.29, 0.717) is 11.6 Å². The predicted octanol–water partition coefficient (Wildman–Crippen LogP) is 3.20. The van der Waals surface area contributed by atoms with Crippen LogP contribution in [0.5, 0.6) is 0 Å². The third-order valence-electron chi connectivity index (χ3n) is 2.62. The van der Waals surface area contributed by atoms with Gasteiger partial charge in [0.15, 0.2) is 0 Å². The summed E-state index contributed by atoms with van der Waals surface area (Å²) < 4.78 is 0. The molecule has 3 rings (SSSR count). The Labute approximate surface area is 103 Å². The smallest absolute Gasteiger partial charge is 0.142 e. The van der Waals surface area contributed by atoms with Crippen molar-refractivity contribution in [1.29, 1.82) is 0 Å². The summed E-state index contributed by atoms with van der Waals surface area (Å²) in [5.74, 6) is 0.733.